The highest BCUT2D eigenvalue weighted by atomic mass is 32.2. The predicted octanol–water partition coefficient (Wildman–Crippen LogP) is 4.50. The molecule has 2 rings (SSSR count). The molecular weight excluding hydrogens is 398 g/mol. The molecule has 1 unspecified atom stereocenters. The molecule has 1 atom stereocenters. The van der Waals surface area contributed by atoms with E-state index in [9.17, 15) is 8.42 Å². The first kappa shape index (κ1) is 23.7. The number of hydrogen-bond donors (Lipinski definition) is 0. The van der Waals surface area contributed by atoms with Crippen LogP contribution in [0, 0.1) is 5.92 Å². The van der Waals surface area contributed by atoms with Crippen LogP contribution in [-0.2, 0) is 21.0 Å². The van der Waals surface area contributed by atoms with E-state index in [1.54, 1.807) is 31.4 Å². The molecule has 162 valence electrons. The van der Waals surface area contributed by atoms with E-state index in [0.29, 0.717) is 30.2 Å². The molecular formula is C24H31NO4S. The summed E-state index contributed by atoms with van der Waals surface area (Å²) in [7, 11) is -1.78. The highest BCUT2D eigenvalue weighted by molar-refractivity contribution is 7.91. The Hall–Kier alpha value is -2.57. The third-order valence-electron chi connectivity index (χ3n) is 4.61. The Kier molecular flexibility index (Phi) is 9.15. The van der Waals surface area contributed by atoms with Gasteiger partial charge in [0.1, 0.15) is 5.75 Å². The summed E-state index contributed by atoms with van der Waals surface area (Å²) >= 11 is 0. The van der Waals surface area contributed by atoms with Crippen LogP contribution in [0.4, 0.5) is 5.69 Å². The molecule has 0 heterocycles. The van der Waals surface area contributed by atoms with E-state index in [-0.39, 0.29) is 18.5 Å². The van der Waals surface area contributed by atoms with E-state index in [0.717, 1.165) is 11.3 Å². The van der Waals surface area contributed by atoms with Crippen molar-refractivity contribution in [2.24, 2.45) is 5.92 Å². The van der Waals surface area contributed by atoms with Crippen LogP contribution < -0.4 is 9.64 Å². The van der Waals surface area contributed by atoms with Gasteiger partial charge in [-0.15, -0.1) is 13.2 Å². The van der Waals surface area contributed by atoms with Crippen LogP contribution in [-0.4, -0.2) is 41.2 Å². The van der Waals surface area contributed by atoms with Crippen LogP contribution in [0.5, 0.6) is 5.75 Å². The number of para-hydroxylation sites is 1. The van der Waals surface area contributed by atoms with Gasteiger partial charge >= 0.3 is 0 Å². The molecule has 6 heteroatoms. The normalized spacial score (nSPS) is 12.2. The standard InChI is InChI=1S/C24H31NO4S/c1-5-15-25(16-6-2)23-14-10-11-21(24(23)29-19-28-4)17-20(3)18-30(26,27)22-12-8-7-9-13-22/h5-14,20H,1-2,15-19H2,3-4H3. The average molecular weight is 430 g/mol. The average Bonchev–Trinajstić information content (AvgIpc) is 2.73. The lowest BCUT2D eigenvalue weighted by Gasteiger charge is -2.26. The Morgan fingerprint density at radius 1 is 1.03 bits per heavy atom. The van der Waals surface area contributed by atoms with Gasteiger partial charge < -0.3 is 14.4 Å². The maximum Gasteiger partial charge on any atom is 0.188 e. The highest BCUT2D eigenvalue weighted by Crippen LogP contribution is 2.34. The van der Waals surface area contributed by atoms with Gasteiger partial charge in [0.05, 0.1) is 16.3 Å². The van der Waals surface area contributed by atoms with E-state index in [1.807, 2.05) is 43.3 Å². The Morgan fingerprint density at radius 3 is 2.30 bits per heavy atom. The second-order valence-electron chi connectivity index (χ2n) is 7.20. The zero-order chi connectivity index (χ0) is 22.0. The fraction of sp³-hybridized carbons (Fsp3) is 0.333. The predicted molar refractivity (Wildman–Crippen MR) is 123 cm³/mol. The van der Waals surface area contributed by atoms with Crippen LogP contribution in [0.15, 0.2) is 78.7 Å². The summed E-state index contributed by atoms with van der Waals surface area (Å²) in [5.74, 6) is 0.670. The van der Waals surface area contributed by atoms with E-state index in [2.05, 4.69) is 18.1 Å². The van der Waals surface area contributed by atoms with E-state index in [4.69, 9.17) is 9.47 Å². The summed E-state index contributed by atoms with van der Waals surface area (Å²) in [6.07, 6.45) is 4.21. The van der Waals surface area contributed by atoms with E-state index < -0.39 is 9.84 Å². The second kappa shape index (κ2) is 11.6. The fourth-order valence-electron chi connectivity index (χ4n) is 3.38. The molecule has 0 amide bonds. The van der Waals surface area contributed by atoms with Gasteiger partial charge in [0.15, 0.2) is 16.6 Å². The molecule has 0 bridgehead atoms. The van der Waals surface area contributed by atoms with Crippen molar-refractivity contribution < 1.29 is 17.9 Å². The SMILES string of the molecule is C=CCN(CC=C)c1cccc(CC(C)CS(=O)(=O)c2ccccc2)c1OCOC. The van der Waals surface area contributed by atoms with Gasteiger partial charge in [-0.2, -0.15) is 0 Å². The summed E-state index contributed by atoms with van der Waals surface area (Å²) in [5.41, 5.74) is 1.85. The largest absolute Gasteiger partial charge is 0.465 e. The number of rotatable bonds is 13. The lowest BCUT2D eigenvalue weighted by molar-refractivity contribution is 0.0506. The quantitative estimate of drug-likeness (QED) is 0.347. The number of ether oxygens (including phenoxy) is 2. The third-order valence-corrected chi connectivity index (χ3v) is 6.61. The van der Waals surface area contributed by atoms with Crippen LogP contribution in [0.25, 0.3) is 0 Å². The Morgan fingerprint density at radius 2 is 1.70 bits per heavy atom. The van der Waals surface area contributed by atoms with Gasteiger partial charge in [-0.3, -0.25) is 0 Å². The van der Waals surface area contributed by atoms with Gasteiger partial charge in [-0.05, 0) is 36.1 Å². The summed E-state index contributed by atoms with van der Waals surface area (Å²) in [6.45, 7) is 11.0. The van der Waals surface area contributed by atoms with Crippen molar-refractivity contribution in [2.75, 3.05) is 37.6 Å². The third kappa shape index (κ3) is 6.47. The number of sulfone groups is 1. The maximum atomic E-state index is 12.8. The molecule has 0 aliphatic rings. The fourth-order valence-corrected chi connectivity index (χ4v) is 5.01. The van der Waals surface area contributed by atoms with Crippen LogP contribution in [0.3, 0.4) is 0 Å². The monoisotopic (exact) mass is 429 g/mol. The van der Waals surface area contributed by atoms with Gasteiger partial charge in [0.2, 0.25) is 0 Å². The van der Waals surface area contributed by atoms with Crippen molar-refractivity contribution in [3.05, 3.63) is 79.4 Å². The maximum absolute atomic E-state index is 12.8. The summed E-state index contributed by atoms with van der Waals surface area (Å²) in [4.78, 5) is 2.45. The topological polar surface area (TPSA) is 55.8 Å². The van der Waals surface area contributed by atoms with Crippen LogP contribution in [0.1, 0.15) is 12.5 Å². The van der Waals surface area contributed by atoms with Crippen molar-refractivity contribution in [3.63, 3.8) is 0 Å². The number of benzene rings is 2. The molecule has 0 aromatic heterocycles. The number of nitrogens with zero attached hydrogens (tertiary/aromatic N) is 1. The molecule has 2 aromatic rings. The van der Waals surface area contributed by atoms with Gasteiger partial charge in [0, 0.05) is 20.2 Å². The minimum atomic E-state index is -3.36. The van der Waals surface area contributed by atoms with Gasteiger partial charge in [-0.25, -0.2) is 8.42 Å². The van der Waals surface area contributed by atoms with Crippen molar-refractivity contribution >= 4 is 15.5 Å². The highest BCUT2D eigenvalue weighted by Gasteiger charge is 2.21. The van der Waals surface area contributed by atoms with Crippen molar-refractivity contribution in [3.8, 4) is 5.75 Å². The minimum Gasteiger partial charge on any atom is -0.465 e. The Bertz CT molecular complexity index is 915. The van der Waals surface area contributed by atoms with Crippen molar-refractivity contribution in [1.82, 2.24) is 0 Å². The van der Waals surface area contributed by atoms with E-state index >= 15 is 0 Å². The molecule has 0 saturated carbocycles. The first-order valence-electron chi connectivity index (χ1n) is 9.91. The molecule has 0 fully saturated rings. The molecule has 5 nitrogen and oxygen atoms in total. The first-order chi connectivity index (χ1) is 14.4. The van der Waals surface area contributed by atoms with Gasteiger partial charge in [0.25, 0.3) is 0 Å². The van der Waals surface area contributed by atoms with Gasteiger partial charge in [-0.1, -0.05) is 49.4 Å². The lowest BCUT2D eigenvalue weighted by Crippen LogP contribution is -2.24. The number of methoxy groups -OCH3 is 1. The lowest BCUT2D eigenvalue weighted by atomic mass is 10.0. The van der Waals surface area contributed by atoms with E-state index in [1.165, 1.54) is 0 Å². The molecule has 0 saturated heterocycles. The number of hydrogen-bond acceptors (Lipinski definition) is 5. The molecule has 0 N–H and O–H groups in total. The van der Waals surface area contributed by atoms with Crippen molar-refractivity contribution in [1.29, 1.82) is 0 Å². The Balaban J connectivity index is 2.30. The minimum absolute atomic E-state index is 0.0635. The molecule has 0 aliphatic carbocycles. The molecule has 0 spiro atoms. The summed E-state index contributed by atoms with van der Waals surface area (Å²) in [6, 6.07) is 14.5. The Labute approximate surface area is 180 Å². The molecule has 30 heavy (non-hydrogen) atoms. The van der Waals surface area contributed by atoms with Crippen molar-refractivity contribution in [2.45, 2.75) is 18.2 Å². The van der Waals surface area contributed by atoms with Crippen LogP contribution >= 0.6 is 0 Å². The zero-order valence-electron chi connectivity index (χ0n) is 17.8. The smallest absolute Gasteiger partial charge is 0.188 e. The first-order valence-corrected chi connectivity index (χ1v) is 11.6. The number of anilines is 1. The molecule has 0 radical (unpaired) electrons. The van der Waals surface area contributed by atoms with Crippen LogP contribution in [0.2, 0.25) is 0 Å². The summed E-state index contributed by atoms with van der Waals surface area (Å²) < 4.78 is 36.6. The second-order valence-corrected chi connectivity index (χ2v) is 9.24. The molecule has 0 aliphatic heterocycles. The molecule has 2 aromatic carbocycles. The zero-order valence-corrected chi connectivity index (χ0v) is 18.6. The summed E-state index contributed by atoms with van der Waals surface area (Å²) in [5, 5.41) is 0.